The first-order chi connectivity index (χ1) is 17.7. The second-order valence-electron chi connectivity index (χ2n) is 10.3. The van der Waals surface area contributed by atoms with Crippen molar-refractivity contribution in [2.24, 2.45) is 17.8 Å². The van der Waals surface area contributed by atoms with E-state index in [-0.39, 0.29) is 35.6 Å². The summed E-state index contributed by atoms with van der Waals surface area (Å²) in [5.41, 5.74) is 3.98. The topological polar surface area (TPSA) is 91.8 Å². The number of phenolic OH excluding ortho intramolecular Hbond substituents is 1. The lowest BCUT2D eigenvalue weighted by Crippen LogP contribution is -2.39. The molecular weight excluding hydrogens is 490 g/mol. The Labute approximate surface area is 218 Å². The van der Waals surface area contributed by atoms with Gasteiger partial charge in [0.1, 0.15) is 5.75 Å². The number of amides is 2. The van der Waals surface area contributed by atoms with Crippen LogP contribution in [0.25, 0.3) is 0 Å². The van der Waals surface area contributed by atoms with Gasteiger partial charge in [-0.05, 0) is 74.1 Å². The third-order valence-electron chi connectivity index (χ3n) is 8.18. The first kappa shape index (κ1) is 23.6. The molecule has 0 radical (unpaired) electrons. The third kappa shape index (κ3) is 3.46. The number of carbonyl (C=O) groups excluding carboxylic acids is 4. The minimum Gasteiger partial charge on any atom is -0.508 e. The Morgan fingerprint density at radius 3 is 2.49 bits per heavy atom. The van der Waals surface area contributed by atoms with Crippen molar-refractivity contribution in [3.63, 3.8) is 0 Å². The van der Waals surface area contributed by atoms with Crippen molar-refractivity contribution in [2.75, 3.05) is 4.90 Å². The van der Waals surface area contributed by atoms with Gasteiger partial charge in [-0.3, -0.25) is 19.2 Å². The van der Waals surface area contributed by atoms with Crippen molar-refractivity contribution >= 4 is 40.7 Å². The van der Waals surface area contributed by atoms with Gasteiger partial charge in [-0.15, -0.1) is 0 Å². The number of hydrogen-bond acceptors (Lipinski definition) is 5. The summed E-state index contributed by atoms with van der Waals surface area (Å²) in [4.78, 5) is 55.2. The molecule has 2 aromatic carbocycles. The molecular formula is C30H24ClNO5. The molecule has 1 heterocycles. The number of Topliss-reactive ketones (excluding diaryl/α,β-unsaturated/α-hetero) is 1. The Morgan fingerprint density at radius 2 is 1.76 bits per heavy atom. The summed E-state index contributed by atoms with van der Waals surface area (Å²) in [7, 11) is 0. The number of fused-ring (bicyclic) bond motifs is 3. The van der Waals surface area contributed by atoms with Crippen molar-refractivity contribution in [1.82, 2.24) is 0 Å². The number of hydrogen-bond donors (Lipinski definition) is 1. The average molecular weight is 514 g/mol. The Kier molecular flexibility index (Phi) is 5.35. The summed E-state index contributed by atoms with van der Waals surface area (Å²) < 4.78 is 0. The highest BCUT2D eigenvalue weighted by Crippen LogP contribution is 2.55. The molecule has 4 unspecified atom stereocenters. The number of imide groups is 1. The van der Waals surface area contributed by atoms with Gasteiger partial charge in [-0.25, -0.2) is 4.90 Å². The maximum Gasteiger partial charge on any atom is 0.238 e. The fourth-order valence-electron chi connectivity index (χ4n) is 6.42. The van der Waals surface area contributed by atoms with Gasteiger partial charge in [-0.2, -0.15) is 0 Å². The molecule has 186 valence electrons. The minimum absolute atomic E-state index is 0.0486. The quantitative estimate of drug-likeness (QED) is 0.347. The van der Waals surface area contributed by atoms with E-state index < -0.39 is 23.7 Å². The van der Waals surface area contributed by atoms with Gasteiger partial charge >= 0.3 is 0 Å². The number of anilines is 1. The summed E-state index contributed by atoms with van der Waals surface area (Å²) >= 11 is 6.31. The predicted molar refractivity (Wildman–Crippen MR) is 138 cm³/mol. The first-order valence-corrected chi connectivity index (χ1v) is 12.7. The molecule has 7 heteroatoms. The van der Waals surface area contributed by atoms with Crippen LogP contribution in [0.15, 0.2) is 76.9 Å². The highest BCUT2D eigenvalue weighted by molar-refractivity contribution is 6.32. The van der Waals surface area contributed by atoms with E-state index in [9.17, 15) is 24.3 Å². The summed E-state index contributed by atoms with van der Waals surface area (Å²) in [5.74, 6) is -3.19. The van der Waals surface area contributed by atoms with E-state index in [0.29, 0.717) is 39.4 Å². The van der Waals surface area contributed by atoms with Crippen LogP contribution in [0.4, 0.5) is 5.69 Å². The predicted octanol–water partition coefficient (Wildman–Crippen LogP) is 4.99. The van der Waals surface area contributed by atoms with Crippen molar-refractivity contribution in [1.29, 1.82) is 0 Å². The third-order valence-corrected chi connectivity index (χ3v) is 8.59. The molecule has 0 aromatic heterocycles. The number of aryl methyl sites for hydroxylation is 1. The van der Waals surface area contributed by atoms with Gasteiger partial charge < -0.3 is 5.11 Å². The van der Waals surface area contributed by atoms with Crippen LogP contribution in [0.3, 0.4) is 0 Å². The van der Waals surface area contributed by atoms with E-state index >= 15 is 0 Å². The fraction of sp³-hybridized carbons (Fsp3) is 0.267. The van der Waals surface area contributed by atoms with Gasteiger partial charge in [0.05, 0.1) is 17.5 Å². The second kappa shape index (κ2) is 8.38. The Balaban J connectivity index is 1.48. The van der Waals surface area contributed by atoms with Crippen LogP contribution in [0, 0.1) is 24.7 Å². The number of nitrogens with zero attached hydrogens (tertiary/aromatic N) is 1. The van der Waals surface area contributed by atoms with Crippen LogP contribution >= 0.6 is 11.6 Å². The van der Waals surface area contributed by atoms with Gasteiger partial charge in [0.15, 0.2) is 11.6 Å². The number of halogens is 1. The van der Waals surface area contributed by atoms with Crippen molar-refractivity contribution < 1.29 is 24.3 Å². The van der Waals surface area contributed by atoms with E-state index in [0.717, 1.165) is 11.1 Å². The molecule has 4 aliphatic rings. The van der Waals surface area contributed by atoms with E-state index in [1.807, 2.05) is 19.1 Å². The van der Waals surface area contributed by atoms with Crippen LogP contribution < -0.4 is 4.90 Å². The maximum atomic E-state index is 13.9. The summed E-state index contributed by atoms with van der Waals surface area (Å²) in [6, 6.07) is 11.8. The SMILES string of the molecule is CC1=CC(=O)C2=C(C1=O)C(c1cccc(O)c1)C1=CCC3C(=O)N(c4ccc(C)c(Cl)c4)C(=O)C3C1C2. The summed E-state index contributed by atoms with van der Waals surface area (Å²) in [6.45, 7) is 3.48. The zero-order valence-corrected chi connectivity index (χ0v) is 21.1. The number of ketones is 2. The highest BCUT2D eigenvalue weighted by Gasteiger charge is 2.56. The lowest BCUT2D eigenvalue weighted by Gasteiger charge is -2.42. The lowest BCUT2D eigenvalue weighted by atomic mass is 9.59. The standard InChI is InChI=1S/C30H24ClNO5/c1-14-6-7-17(12-23(14)31)32-29(36)20-9-8-19-21(26(20)30(32)37)13-22-24(34)10-15(2)28(35)27(22)25(19)16-4-3-5-18(33)11-16/h3-8,10-12,20-21,25-26,33H,9,13H2,1-2H3. The van der Waals surface area contributed by atoms with E-state index in [2.05, 4.69) is 0 Å². The Hall–Kier alpha value is -3.77. The van der Waals surface area contributed by atoms with E-state index in [1.54, 1.807) is 43.3 Å². The number of allylic oxidation sites excluding steroid dienone is 6. The largest absolute Gasteiger partial charge is 0.508 e. The van der Waals surface area contributed by atoms with Gasteiger partial charge in [0.25, 0.3) is 0 Å². The van der Waals surface area contributed by atoms with Crippen LogP contribution in [-0.2, 0) is 19.2 Å². The normalized spacial score (nSPS) is 27.1. The molecule has 1 N–H and O–H groups in total. The molecule has 1 saturated heterocycles. The van der Waals surface area contributed by atoms with Crippen molar-refractivity contribution in [2.45, 2.75) is 32.6 Å². The molecule has 1 aliphatic heterocycles. The number of benzene rings is 2. The monoisotopic (exact) mass is 513 g/mol. The molecule has 3 aliphatic carbocycles. The van der Waals surface area contributed by atoms with Gasteiger partial charge in [0.2, 0.25) is 11.8 Å². The summed E-state index contributed by atoms with van der Waals surface area (Å²) in [5, 5.41) is 10.7. The summed E-state index contributed by atoms with van der Waals surface area (Å²) in [6.07, 6.45) is 3.89. The Bertz CT molecular complexity index is 1530. The Morgan fingerprint density at radius 1 is 0.973 bits per heavy atom. The molecule has 37 heavy (non-hydrogen) atoms. The van der Waals surface area contributed by atoms with Gasteiger partial charge in [0, 0.05) is 27.7 Å². The number of phenols is 1. The van der Waals surface area contributed by atoms with E-state index in [1.165, 1.54) is 11.0 Å². The average Bonchev–Trinajstić information content (AvgIpc) is 3.13. The minimum atomic E-state index is -0.656. The molecule has 6 rings (SSSR count). The number of carbonyl (C=O) groups is 4. The van der Waals surface area contributed by atoms with Crippen molar-refractivity contribution in [3.05, 3.63) is 93.1 Å². The molecule has 0 bridgehead atoms. The lowest BCUT2D eigenvalue weighted by molar-refractivity contribution is -0.123. The first-order valence-electron chi connectivity index (χ1n) is 12.3. The highest BCUT2D eigenvalue weighted by atomic mass is 35.5. The molecule has 4 atom stereocenters. The fourth-order valence-corrected chi connectivity index (χ4v) is 6.60. The number of rotatable bonds is 2. The number of aromatic hydroxyl groups is 1. The van der Waals surface area contributed by atoms with Crippen LogP contribution in [0.1, 0.15) is 36.8 Å². The van der Waals surface area contributed by atoms with Crippen molar-refractivity contribution in [3.8, 4) is 5.75 Å². The second-order valence-corrected chi connectivity index (χ2v) is 10.7. The molecule has 1 fully saturated rings. The van der Waals surface area contributed by atoms with Crippen LogP contribution in [0.5, 0.6) is 5.75 Å². The molecule has 6 nitrogen and oxygen atoms in total. The van der Waals surface area contributed by atoms with Gasteiger partial charge in [-0.1, -0.05) is 41.4 Å². The zero-order valence-electron chi connectivity index (χ0n) is 20.3. The smallest absolute Gasteiger partial charge is 0.238 e. The van der Waals surface area contributed by atoms with Crippen LogP contribution in [-0.4, -0.2) is 28.5 Å². The molecule has 2 amide bonds. The molecule has 0 spiro atoms. The van der Waals surface area contributed by atoms with Crippen LogP contribution in [0.2, 0.25) is 5.02 Å². The molecule has 2 aromatic rings. The van der Waals surface area contributed by atoms with E-state index in [4.69, 9.17) is 11.6 Å². The maximum absolute atomic E-state index is 13.9. The molecule has 0 saturated carbocycles. The zero-order chi connectivity index (χ0) is 26.2.